The first-order chi connectivity index (χ1) is 14.2. The average Bonchev–Trinajstić information content (AvgIpc) is 3.39. The zero-order valence-electron chi connectivity index (χ0n) is 17.1. The summed E-state index contributed by atoms with van der Waals surface area (Å²) in [6.45, 7) is 4.13. The number of hydrogen-bond donors (Lipinski definition) is 1. The van der Waals surface area contributed by atoms with Gasteiger partial charge in [0.15, 0.2) is 5.69 Å². The number of rotatable bonds is 7. The summed E-state index contributed by atoms with van der Waals surface area (Å²) < 4.78 is 7.39. The van der Waals surface area contributed by atoms with Gasteiger partial charge in [-0.3, -0.25) is 9.48 Å². The van der Waals surface area contributed by atoms with Crippen molar-refractivity contribution in [2.45, 2.75) is 51.9 Å². The summed E-state index contributed by atoms with van der Waals surface area (Å²) >= 11 is 0. The molecule has 0 fully saturated rings. The number of amides is 1. The Balaban J connectivity index is 1.49. The van der Waals surface area contributed by atoms with E-state index in [0.717, 1.165) is 43.7 Å². The van der Waals surface area contributed by atoms with E-state index >= 15 is 0 Å². The van der Waals surface area contributed by atoms with Crippen molar-refractivity contribution in [1.82, 2.24) is 20.0 Å². The first-order valence-electron chi connectivity index (χ1n) is 10.3. The van der Waals surface area contributed by atoms with Gasteiger partial charge in [0.05, 0.1) is 12.8 Å². The van der Waals surface area contributed by atoms with Crippen LogP contribution in [0.25, 0.3) is 0 Å². The van der Waals surface area contributed by atoms with Crippen LogP contribution < -0.4 is 5.32 Å². The summed E-state index contributed by atoms with van der Waals surface area (Å²) in [4.78, 5) is 14.8. The van der Waals surface area contributed by atoms with Crippen LogP contribution in [-0.4, -0.2) is 33.7 Å². The number of nitrogens with zero attached hydrogens (tertiary/aromatic N) is 3. The first kappa shape index (κ1) is 19.5. The van der Waals surface area contributed by atoms with Gasteiger partial charge in [0.25, 0.3) is 5.91 Å². The fraction of sp³-hybridized carbons (Fsp3) is 0.391. The molecule has 0 saturated heterocycles. The molecule has 0 saturated carbocycles. The number of nitrogens with one attached hydrogen (secondary N) is 1. The van der Waals surface area contributed by atoms with Crippen molar-refractivity contribution in [3.8, 4) is 0 Å². The van der Waals surface area contributed by atoms with Gasteiger partial charge in [-0.2, -0.15) is 5.10 Å². The molecule has 0 radical (unpaired) electrons. The molecule has 6 nitrogen and oxygen atoms in total. The predicted molar refractivity (Wildman–Crippen MR) is 112 cm³/mol. The zero-order valence-corrected chi connectivity index (χ0v) is 17.1. The molecule has 1 N–H and O–H groups in total. The van der Waals surface area contributed by atoms with Gasteiger partial charge in [0, 0.05) is 37.4 Å². The lowest BCUT2D eigenvalue weighted by molar-refractivity contribution is 0.0767. The monoisotopic (exact) mass is 392 g/mol. The van der Waals surface area contributed by atoms with E-state index in [1.54, 1.807) is 18.2 Å². The fourth-order valence-corrected chi connectivity index (χ4v) is 4.04. The van der Waals surface area contributed by atoms with Crippen LogP contribution in [0, 0.1) is 0 Å². The molecule has 6 heteroatoms. The number of carbonyl (C=O) groups is 1. The third kappa shape index (κ3) is 4.27. The number of hydrogen-bond acceptors (Lipinski definition) is 4. The van der Waals surface area contributed by atoms with Crippen LogP contribution in [0.4, 0.5) is 0 Å². The topological polar surface area (TPSA) is 63.3 Å². The number of aryl methyl sites for hydroxylation is 1. The van der Waals surface area contributed by atoms with Crippen molar-refractivity contribution in [2.24, 2.45) is 0 Å². The van der Waals surface area contributed by atoms with Crippen LogP contribution in [0.3, 0.4) is 0 Å². The van der Waals surface area contributed by atoms with Crippen molar-refractivity contribution < 1.29 is 9.21 Å². The highest BCUT2D eigenvalue weighted by Gasteiger charge is 2.30. The van der Waals surface area contributed by atoms with E-state index in [4.69, 9.17) is 4.42 Å². The van der Waals surface area contributed by atoms with Crippen molar-refractivity contribution in [2.75, 3.05) is 7.05 Å². The number of aromatic nitrogens is 2. The Morgan fingerprint density at radius 3 is 2.83 bits per heavy atom. The number of fused-ring (bicyclic) bond motifs is 1. The molecule has 1 aliphatic rings. The molecular formula is C23H28N4O2. The fourth-order valence-electron chi connectivity index (χ4n) is 4.04. The molecule has 1 atom stereocenters. The van der Waals surface area contributed by atoms with Gasteiger partial charge in [0.1, 0.15) is 5.76 Å². The van der Waals surface area contributed by atoms with Crippen LogP contribution in [-0.2, 0) is 32.5 Å². The molecule has 3 aromatic rings. The standard InChI is InChI=1S/C23H28N4O2/c1-3-27-21-12-11-18(24-15-17-8-5-4-6-9-17)14-20(21)22(25-27)23(28)26(2)16-19-10-7-13-29-19/h4-10,13,18,24H,3,11-12,14-16H2,1-2H3. The Bertz CT molecular complexity index is 947. The molecule has 0 aliphatic heterocycles. The van der Waals surface area contributed by atoms with E-state index in [2.05, 4.69) is 41.6 Å². The van der Waals surface area contributed by atoms with E-state index < -0.39 is 0 Å². The Kier molecular flexibility index (Phi) is 5.81. The third-order valence-electron chi connectivity index (χ3n) is 5.61. The summed E-state index contributed by atoms with van der Waals surface area (Å²) in [5, 5.41) is 8.34. The second-order valence-electron chi connectivity index (χ2n) is 7.64. The van der Waals surface area contributed by atoms with Crippen LogP contribution in [0.5, 0.6) is 0 Å². The highest BCUT2D eigenvalue weighted by Crippen LogP contribution is 2.26. The van der Waals surface area contributed by atoms with E-state index in [1.807, 2.05) is 22.9 Å². The molecule has 0 bridgehead atoms. The van der Waals surface area contributed by atoms with Gasteiger partial charge in [-0.1, -0.05) is 30.3 Å². The minimum atomic E-state index is -0.0476. The Hall–Kier alpha value is -2.86. The Morgan fingerprint density at radius 2 is 2.10 bits per heavy atom. The van der Waals surface area contributed by atoms with Gasteiger partial charge in [-0.15, -0.1) is 0 Å². The molecule has 1 aromatic carbocycles. The van der Waals surface area contributed by atoms with Gasteiger partial charge in [-0.25, -0.2) is 0 Å². The molecule has 2 heterocycles. The summed E-state index contributed by atoms with van der Waals surface area (Å²) in [7, 11) is 1.80. The lowest BCUT2D eigenvalue weighted by Gasteiger charge is -2.25. The molecule has 152 valence electrons. The molecule has 1 amide bonds. The number of carbonyl (C=O) groups excluding carboxylic acids is 1. The predicted octanol–water partition coefficient (Wildman–Crippen LogP) is 3.42. The molecular weight excluding hydrogens is 364 g/mol. The van der Waals surface area contributed by atoms with Crippen LogP contribution in [0.2, 0.25) is 0 Å². The normalized spacial score (nSPS) is 15.9. The number of benzene rings is 1. The summed E-state index contributed by atoms with van der Waals surface area (Å²) in [5.74, 6) is 0.723. The van der Waals surface area contributed by atoms with Gasteiger partial charge in [-0.05, 0) is 43.9 Å². The second kappa shape index (κ2) is 8.66. The largest absolute Gasteiger partial charge is 0.467 e. The van der Waals surface area contributed by atoms with Crippen molar-refractivity contribution in [3.63, 3.8) is 0 Å². The average molecular weight is 393 g/mol. The maximum atomic E-state index is 13.1. The van der Waals surface area contributed by atoms with Gasteiger partial charge in [0.2, 0.25) is 0 Å². The SMILES string of the molecule is CCn1nc(C(=O)N(C)Cc2ccco2)c2c1CCC(NCc1ccccc1)C2. The van der Waals surface area contributed by atoms with Crippen LogP contribution in [0.15, 0.2) is 53.1 Å². The van der Waals surface area contributed by atoms with Gasteiger partial charge < -0.3 is 14.6 Å². The minimum Gasteiger partial charge on any atom is -0.467 e. The van der Waals surface area contributed by atoms with Crippen LogP contribution in [0.1, 0.15) is 46.4 Å². The van der Waals surface area contributed by atoms with Crippen molar-refractivity contribution in [3.05, 3.63) is 77.0 Å². The molecule has 1 aliphatic carbocycles. The Morgan fingerprint density at radius 1 is 1.28 bits per heavy atom. The lowest BCUT2D eigenvalue weighted by atomic mass is 9.91. The summed E-state index contributed by atoms with van der Waals surface area (Å²) in [6, 6.07) is 14.5. The highest BCUT2D eigenvalue weighted by molar-refractivity contribution is 5.94. The number of furan rings is 1. The molecule has 4 rings (SSSR count). The quantitative estimate of drug-likeness (QED) is 0.669. The summed E-state index contributed by atoms with van der Waals surface area (Å²) in [5.41, 5.74) is 4.17. The molecule has 29 heavy (non-hydrogen) atoms. The minimum absolute atomic E-state index is 0.0476. The van der Waals surface area contributed by atoms with Crippen molar-refractivity contribution >= 4 is 5.91 Å². The maximum absolute atomic E-state index is 13.1. The van der Waals surface area contributed by atoms with Crippen LogP contribution >= 0.6 is 0 Å². The zero-order chi connectivity index (χ0) is 20.2. The van der Waals surface area contributed by atoms with Gasteiger partial charge >= 0.3 is 0 Å². The van der Waals surface area contributed by atoms with E-state index in [-0.39, 0.29) is 5.91 Å². The lowest BCUT2D eigenvalue weighted by Crippen LogP contribution is -2.35. The molecule has 0 spiro atoms. The molecule has 1 unspecified atom stereocenters. The Labute approximate surface area is 171 Å². The summed E-state index contributed by atoms with van der Waals surface area (Å²) in [6.07, 6.45) is 4.46. The van der Waals surface area contributed by atoms with Crippen molar-refractivity contribution in [1.29, 1.82) is 0 Å². The van der Waals surface area contributed by atoms with E-state index in [1.165, 1.54) is 11.3 Å². The second-order valence-corrected chi connectivity index (χ2v) is 7.64. The maximum Gasteiger partial charge on any atom is 0.274 e. The highest BCUT2D eigenvalue weighted by atomic mass is 16.3. The molecule has 2 aromatic heterocycles. The van der Waals surface area contributed by atoms with E-state index in [9.17, 15) is 4.79 Å². The third-order valence-corrected chi connectivity index (χ3v) is 5.61. The smallest absolute Gasteiger partial charge is 0.274 e. The first-order valence-corrected chi connectivity index (χ1v) is 10.3. The van der Waals surface area contributed by atoms with E-state index in [0.29, 0.717) is 18.3 Å².